The van der Waals surface area contributed by atoms with Gasteiger partial charge in [0.25, 0.3) is 5.91 Å². The van der Waals surface area contributed by atoms with Crippen molar-refractivity contribution in [1.82, 2.24) is 10.3 Å². The third kappa shape index (κ3) is 4.85. The van der Waals surface area contributed by atoms with E-state index >= 15 is 0 Å². The molecule has 3 rings (SSSR count). The quantitative estimate of drug-likeness (QED) is 0.335. The van der Waals surface area contributed by atoms with Crippen molar-refractivity contribution >= 4 is 33.6 Å². The molecule has 0 radical (unpaired) electrons. The van der Waals surface area contributed by atoms with E-state index in [1.54, 1.807) is 6.20 Å². The first-order valence-electron chi connectivity index (χ1n) is 9.91. The minimum atomic E-state index is -0.133. The highest BCUT2D eigenvalue weighted by Crippen LogP contribution is 2.27. The van der Waals surface area contributed by atoms with Gasteiger partial charge in [-0.25, -0.2) is 0 Å². The topological polar surface area (TPSA) is 68.3 Å². The second-order valence-electron chi connectivity index (χ2n) is 6.77. The number of carbonyl (C=O) groups excluding carboxylic acids is 2. The Morgan fingerprint density at radius 3 is 2.64 bits per heavy atom. The minimum Gasteiger partial charge on any atom is -0.466 e. The summed E-state index contributed by atoms with van der Waals surface area (Å²) in [6, 6.07) is 13.9. The SMILES string of the molecule is CCOC(=O)CCCCCCNC(=O)c1cc2ccccc2c2cccnc12. The van der Waals surface area contributed by atoms with Crippen molar-refractivity contribution in [1.29, 1.82) is 0 Å². The number of fused-ring (bicyclic) bond motifs is 3. The average molecular weight is 378 g/mol. The highest BCUT2D eigenvalue weighted by atomic mass is 16.5. The van der Waals surface area contributed by atoms with Gasteiger partial charge >= 0.3 is 5.97 Å². The van der Waals surface area contributed by atoms with Crippen LogP contribution in [0.15, 0.2) is 48.7 Å². The molecule has 0 aliphatic carbocycles. The van der Waals surface area contributed by atoms with Gasteiger partial charge in [0, 0.05) is 24.5 Å². The van der Waals surface area contributed by atoms with E-state index in [1.165, 1.54) is 0 Å². The van der Waals surface area contributed by atoms with Crippen LogP contribution < -0.4 is 5.32 Å². The molecule has 0 aliphatic heterocycles. The maximum atomic E-state index is 12.7. The molecule has 0 unspecified atom stereocenters. The third-order valence-electron chi connectivity index (χ3n) is 4.76. The standard InChI is InChI=1S/C23H26N2O3/c1-2-28-21(26)13-5-3-4-8-14-25-23(27)20-16-17-10-6-7-11-18(17)19-12-9-15-24-22(19)20/h6-7,9-12,15-16H,2-5,8,13-14H2,1H3,(H,25,27). The highest BCUT2D eigenvalue weighted by molar-refractivity contribution is 6.15. The highest BCUT2D eigenvalue weighted by Gasteiger charge is 2.13. The van der Waals surface area contributed by atoms with Crippen LogP contribution in [0.25, 0.3) is 21.7 Å². The van der Waals surface area contributed by atoms with E-state index < -0.39 is 0 Å². The lowest BCUT2D eigenvalue weighted by molar-refractivity contribution is -0.143. The molecular weight excluding hydrogens is 352 g/mol. The van der Waals surface area contributed by atoms with E-state index in [1.807, 2.05) is 43.3 Å². The fourth-order valence-corrected chi connectivity index (χ4v) is 3.38. The number of nitrogens with one attached hydrogen (secondary N) is 1. The van der Waals surface area contributed by atoms with Crippen molar-refractivity contribution in [2.45, 2.75) is 39.0 Å². The van der Waals surface area contributed by atoms with Gasteiger partial charge in [0.1, 0.15) is 0 Å². The number of pyridine rings is 1. The molecule has 0 saturated heterocycles. The minimum absolute atomic E-state index is 0.0963. The molecule has 0 saturated carbocycles. The van der Waals surface area contributed by atoms with E-state index in [0.29, 0.717) is 25.1 Å². The number of hydrogen-bond acceptors (Lipinski definition) is 4. The molecule has 146 valence electrons. The Labute approximate surface area is 165 Å². The lowest BCUT2D eigenvalue weighted by Crippen LogP contribution is -2.24. The molecule has 2 aromatic carbocycles. The zero-order valence-electron chi connectivity index (χ0n) is 16.2. The second-order valence-corrected chi connectivity index (χ2v) is 6.77. The van der Waals surface area contributed by atoms with Crippen LogP contribution in [0.5, 0.6) is 0 Å². The summed E-state index contributed by atoms with van der Waals surface area (Å²) in [6.45, 7) is 2.86. The average Bonchev–Trinajstić information content (AvgIpc) is 2.72. The number of unbranched alkanes of at least 4 members (excludes halogenated alkanes) is 3. The Balaban J connectivity index is 1.56. The normalized spacial score (nSPS) is 10.9. The maximum Gasteiger partial charge on any atom is 0.305 e. The summed E-state index contributed by atoms with van der Waals surface area (Å²) >= 11 is 0. The predicted molar refractivity (Wildman–Crippen MR) is 111 cm³/mol. The Bertz CT molecular complexity index is 968. The van der Waals surface area contributed by atoms with E-state index in [0.717, 1.165) is 47.4 Å². The van der Waals surface area contributed by atoms with Gasteiger partial charge in [-0.3, -0.25) is 14.6 Å². The Morgan fingerprint density at radius 2 is 1.79 bits per heavy atom. The summed E-state index contributed by atoms with van der Waals surface area (Å²) in [5, 5.41) is 6.13. The second kappa shape index (κ2) is 9.83. The molecule has 1 N–H and O–H groups in total. The molecule has 1 amide bonds. The Kier molecular flexibility index (Phi) is 6.95. The summed E-state index contributed by atoms with van der Waals surface area (Å²) < 4.78 is 4.91. The molecule has 0 atom stereocenters. The van der Waals surface area contributed by atoms with E-state index in [9.17, 15) is 9.59 Å². The van der Waals surface area contributed by atoms with E-state index in [2.05, 4.69) is 16.4 Å². The zero-order valence-corrected chi connectivity index (χ0v) is 16.2. The molecule has 28 heavy (non-hydrogen) atoms. The summed E-state index contributed by atoms with van der Waals surface area (Å²) in [5.41, 5.74) is 1.34. The van der Waals surface area contributed by atoms with Crippen molar-refractivity contribution in [3.05, 3.63) is 54.2 Å². The molecule has 5 nitrogen and oxygen atoms in total. The molecule has 5 heteroatoms. The molecular formula is C23H26N2O3. The number of nitrogens with zero attached hydrogens (tertiary/aromatic N) is 1. The van der Waals surface area contributed by atoms with Gasteiger partial charge in [-0.1, -0.05) is 43.2 Å². The number of esters is 1. The van der Waals surface area contributed by atoms with Gasteiger partial charge in [-0.2, -0.15) is 0 Å². The fraction of sp³-hybridized carbons (Fsp3) is 0.348. The van der Waals surface area contributed by atoms with E-state index in [-0.39, 0.29) is 11.9 Å². The number of carbonyl (C=O) groups is 2. The summed E-state index contributed by atoms with van der Waals surface area (Å²) in [7, 11) is 0. The number of rotatable bonds is 9. The van der Waals surface area contributed by atoms with Gasteiger partial charge in [0.2, 0.25) is 0 Å². The van der Waals surface area contributed by atoms with Crippen LogP contribution in [0.4, 0.5) is 0 Å². The molecule has 1 aromatic heterocycles. The number of ether oxygens (including phenoxy) is 1. The van der Waals surface area contributed by atoms with Crippen molar-refractivity contribution in [3.63, 3.8) is 0 Å². The smallest absolute Gasteiger partial charge is 0.305 e. The van der Waals surface area contributed by atoms with Crippen LogP contribution in [0, 0.1) is 0 Å². The molecule has 1 heterocycles. The van der Waals surface area contributed by atoms with Crippen molar-refractivity contribution < 1.29 is 14.3 Å². The van der Waals surface area contributed by atoms with E-state index in [4.69, 9.17) is 4.74 Å². The predicted octanol–water partition coefficient (Wildman–Crippen LogP) is 4.63. The molecule has 0 bridgehead atoms. The summed E-state index contributed by atoms with van der Waals surface area (Å²) in [5.74, 6) is -0.229. The van der Waals surface area contributed by atoms with Crippen LogP contribution in [-0.2, 0) is 9.53 Å². The zero-order chi connectivity index (χ0) is 19.8. The maximum absolute atomic E-state index is 12.7. The lowest BCUT2D eigenvalue weighted by Gasteiger charge is -2.10. The molecule has 0 aliphatic rings. The lowest BCUT2D eigenvalue weighted by atomic mass is 10.0. The first-order valence-corrected chi connectivity index (χ1v) is 9.91. The number of benzene rings is 2. The number of hydrogen-bond donors (Lipinski definition) is 1. The third-order valence-corrected chi connectivity index (χ3v) is 4.76. The largest absolute Gasteiger partial charge is 0.466 e. The van der Waals surface area contributed by atoms with Gasteiger partial charge in [-0.15, -0.1) is 0 Å². The van der Waals surface area contributed by atoms with Crippen molar-refractivity contribution in [2.24, 2.45) is 0 Å². The fourth-order valence-electron chi connectivity index (χ4n) is 3.38. The van der Waals surface area contributed by atoms with Crippen LogP contribution in [0.3, 0.4) is 0 Å². The Hall–Kier alpha value is -2.95. The van der Waals surface area contributed by atoms with Crippen LogP contribution >= 0.6 is 0 Å². The van der Waals surface area contributed by atoms with Gasteiger partial charge in [0.15, 0.2) is 0 Å². The van der Waals surface area contributed by atoms with Crippen molar-refractivity contribution in [3.8, 4) is 0 Å². The molecule has 3 aromatic rings. The first-order chi connectivity index (χ1) is 13.7. The number of amides is 1. The summed E-state index contributed by atoms with van der Waals surface area (Å²) in [4.78, 5) is 28.5. The Morgan fingerprint density at radius 1 is 1.00 bits per heavy atom. The number of aromatic nitrogens is 1. The van der Waals surface area contributed by atoms with Crippen LogP contribution in [-0.4, -0.2) is 30.0 Å². The summed E-state index contributed by atoms with van der Waals surface area (Å²) in [6.07, 6.45) is 5.82. The monoisotopic (exact) mass is 378 g/mol. The van der Waals surface area contributed by atoms with Gasteiger partial charge in [-0.05, 0) is 42.7 Å². The van der Waals surface area contributed by atoms with Gasteiger partial charge in [0.05, 0.1) is 17.7 Å². The molecule has 0 fully saturated rings. The van der Waals surface area contributed by atoms with Crippen LogP contribution in [0.2, 0.25) is 0 Å². The van der Waals surface area contributed by atoms with Gasteiger partial charge < -0.3 is 10.1 Å². The van der Waals surface area contributed by atoms with Crippen LogP contribution in [0.1, 0.15) is 49.4 Å². The molecule has 0 spiro atoms. The van der Waals surface area contributed by atoms with Crippen molar-refractivity contribution in [2.75, 3.05) is 13.2 Å². The first kappa shape index (κ1) is 19.8.